The van der Waals surface area contributed by atoms with Crippen LogP contribution in [0.15, 0.2) is 36.4 Å². The van der Waals surface area contributed by atoms with Crippen molar-refractivity contribution < 1.29 is 4.74 Å². The lowest BCUT2D eigenvalue weighted by atomic mass is 9.97. The molecule has 0 heterocycles. The Balaban J connectivity index is 2.39. The molecule has 2 nitrogen and oxygen atoms in total. The topological polar surface area (TPSA) is 35.2 Å². The summed E-state index contributed by atoms with van der Waals surface area (Å²) in [6.45, 7) is 6.23. The third-order valence-corrected chi connectivity index (χ3v) is 3.70. The molecule has 106 valence electrons. The molecule has 0 spiro atoms. The molecule has 20 heavy (non-hydrogen) atoms. The molecule has 0 aliphatic heterocycles. The van der Waals surface area contributed by atoms with E-state index in [9.17, 15) is 0 Å². The van der Waals surface area contributed by atoms with Gasteiger partial charge < -0.3 is 10.5 Å². The molecule has 0 aromatic heterocycles. The van der Waals surface area contributed by atoms with Gasteiger partial charge in [-0.25, -0.2) is 0 Å². The Morgan fingerprint density at radius 1 is 1.05 bits per heavy atom. The molecule has 2 aromatic rings. The van der Waals surface area contributed by atoms with Gasteiger partial charge in [0.05, 0.1) is 7.11 Å². The van der Waals surface area contributed by atoms with Gasteiger partial charge in [-0.2, -0.15) is 0 Å². The van der Waals surface area contributed by atoms with Crippen LogP contribution in [0.5, 0.6) is 5.75 Å². The zero-order chi connectivity index (χ0) is 14.7. The maximum Gasteiger partial charge on any atom is 0.129 e. The molecule has 2 aromatic carbocycles. The van der Waals surface area contributed by atoms with E-state index in [-0.39, 0.29) is 6.04 Å². The number of aryl methyl sites for hydroxylation is 1. The fraction of sp³-hybridized carbons (Fsp3) is 0.333. The minimum Gasteiger partial charge on any atom is -0.496 e. The zero-order valence-electron chi connectivity index (χ0n) is 12.7. The molecule has 1 unspecified atom stereocenters. The van der Waals surface area contributed by atoms with Crippen LogP contribution in [0.25, 0.3) is 11.1 Å². The van der Waals surface area contributed by atoms with Gasteiger partial charge in [0.1, 0.15) is 5.75 Å². The summed E-state index contributed by atoms with van der Waals surface area (Å²) in [5.74, 6) is 0.963. The molecule has 0 fully saturated rings. The summed E-state index contributed by atoms with van der Waals surface area (Å²) in [5.41, 5.74) is 11.9. The van der Waals surface area contributed by atoms with Crippen LogP contribution in [0.4, 0.5) is 0 Å². The van der Waals surface area contributed by atoms with Crippen LogP contribution >= 0.6 is 0 Å². The Labute approximate surface area is 121 Å². The molecule has 0 aliphatic carbocycles. The first-order valence-corrected chi connectivity index (χ1v) is 7.02. The predicted octanol–water partition coefficient (Wildman–Crippen LogP) is 3.87. The molecule has 0 amide bonds. The van der Waals surface area contributed by atoms with Crippen LogP contribution in [0.3, 0.4) is 0 Å². The smallest absolute Gasteiger partial charge is 0.129 e. The Morgan fingerprint density at radius 2 is 1.70 bits per heavy atom. The van der Waals surface area contributed by atoms with Crippen LogP contribution in [-0.4, -0.2) is 13.2 Å². The van der Waals surface area contributed by atoms with Crippen LogP contribution in [0, 0.1) is 13.8 Å². The van der Waals surface area contributed by atoms with Gasteiger partial charge in [-0.05, 0) is 49.4 Å². The second-order valence-electron chi connectivity index (χ2n) is 5.47. The van der Waals surface area contributed by atoms with Gasteiger partial charge in [0.25, 0.3) is 0 Å². The number of nitrogens with two attached hydrogens (primary N) is 1. The van der Waals surface area contributed by atoms with Crippen molar-refractivity contribution in [2.45, 2.75) is 33.2 Å². The van der Waals surface area contributed by atoms with E-state index < -0.39 is 0 Å². The van der Waals surface area contributed by atoms with E-state index in [0.717, 1.165) is 17.7 Å². The van der Waals surface area contributed by atoms with Crippen LogP contribution in [0.1, 0.15) is 23.6 Å². The van der Waals surface area contributed by atoms with Crippen LogP contribution in [0.2, 0.25) is 0 Å². The maximum absolute atomic E-state index is 5.84. The van der Waals surface area contributed by atoms with Crippen LogP contribution < -0.4 is 10.5 Å². The number of rotatable bonds is 4. The molecule has 0 aliphatic rings. The summed E-state index contributed by atoms with van der Waals surface area (Å²) in [7, 11) is 1.73. The van der Waals surface area contributed by atoms with Crippen molar-refractivity contribution in [1.82, 2.24) is 0 Å². The Kier molecular flexibility index (Phi) is 4.46. The highest BCUT2D eigenvalue weighted by Gasteiger charge is 2.10. The van der Waals surface area contributed by atoms with Gasteiger partial charge in [-0.3, -0.25) is 0 Å². The van der Waals surface area contributed by atoms with Crippen molar-refractivity contribution in [3.05, 3.63) is 53.1 Å². The van der Waals surface area contributed by atoms with Gasteiger partial charge in [-0.1, -0.05) is 36.4 Å². The lowest BCUT2D eigenvalue weighted by Gasteiger charge is -2.14. The van der Waals surface area contributed by atoms with E-state index in [1.807, 2.05) is 6.92 Å². The van der Waals surface area contributed by atoms with Gasteiger partial charge >= 0.3 is 0 Å². The summed E-state index contributed by atoms with van der Waals surface area (Å²) in [6.07, 6.45) is 0.907. The molecule has 2 heteroatoms. The monoisotopic (exact) mass is 269 g/mol. The van der Waals surface area contributed by atoms with E-state index in [1.165, 1.54) is 22.3 Å². The van der Waals surface area contributed by atoms with E-state index in [1.54, 1.807) is 7.11 Å². The first-order valence-electron chi connectivity index (χ1n) is 7.02. The average molecular weight is 269 g/mol. The highest BCUT2D eigenvalue weighted by atomic mass is 16.5. The third kappa shape index (κ3) is 3.02. The van der Waals surface area contributed by atoms with Crippen molar-refractivity contribution >= 4 is 0 Å². The SMILES string of the molecule is COc1c(-c2ccc(CC(C)N)cc2)ccc(C)c1C. The Morgan fingerprint density at radius 3 is 2.25 bits per heavy atom. The summed E-state index contributed by atoms with van der Waals surface area (Å²) >= 11 is 0. The van der Waals surface area contributed by atoms with Crippen molar-refractivity contribution in [3.8, 4) is 16.9 Å². The Hall–Kier alpha value is -1.80. The number of methoxy groups -OCH3 is 1. The average Bonchev–Trinajstić information content (AvgIpc) is 2.42. The number of benzene rings is 2. The summed E-state index contributed by atoms with van der Waals surface area (Å²) in [5, 5.41) is 0. The molecular weight excluding hydrogens is 246 g/mol. The van der Waals surface area contributed by atoms with Crippen molar-refractivity contribution in [3.63, 3.8) is 0 Å². The largest absolute Gasteiger partial charge is 0.496 e. The van der Waals surface area contributed by atoms with Crippen molar-refractivity contribution in [2.24, 2.45) is 5.73 Å². The Bertz CT molecular complexity index is 585. The minimum atomic E-state index is 0.192. The highest BCUT2D eigenvalue weighted by Crippen LogP contribution is 2.34. The first kappa shape index (κ1) is 14.6. The second-order valence-corrected chi connectivity index (χ2v) is 5.47. The molecule has 0 radical (unpaired) electrons. The standard InChI is InChI=1S/C18H23NO/c1-12-5-10-17(18(20-4)14(12)3)16-8-6-15(7-9-16)11-13(2)19/h5-10,13H,11,19H2,1-4H3. The normalized spacial score (nSPS) is 12.2. The fourth-order valence-electron chi connectivity index (χ4n) is 2.47. The third-order valence-electron chi connectivity index (χ3n) is 3.70. The van der Waals surface area contributed by atoms with E-state index in [4.69, 9.17) is 10.5 Å². The molecule has 2 rings (SSSR count). The molecule has 0 saturated carbocycles. The van der Waals surface area contributed by atoms with E-state index in [2.05, 4.69) is 50.2 Å². The molecule has 0 saturated heterocycles. The second kappa shape index (κ2) is 6.10. The predicted molar refractivity (Wildman–Crippen MR) is 85.3 cm³/mol. The lowest BCUT2D eigenvalue weighted by Crippen LogP contribution is -2.17. The quantitative estimate of drug-likeness (QED) is 0.914. The number of hydrogen-bond donors (Lipinski definition) is 1. The van der Waals surface area contributed by atoms with Gasteiger partial charge in [0.15, 0.2) is 0 Å². The molecule has 2 N–H and O–H groups in total. The highest BCUT2D eigenvalue weighted by molar-refractivity contribution is 5.73. The van der Waals surface area contributed by atoms with Crippen molar-refractivity contribution in [1.29, 1.82) is 0 Å². The maximum atomic E-state index is 5.84. The summed E-state index contributed by atoms with van der Waals surface area (Å²) in [4.78, 5) is 0. The minimum absolute atomic E-state index is 0.192. The van der Waals surface area contributed by atoms with Crippen molar-refractivity contribution in [2.75, 3.05) is 7.11 Å². The molecular formula is C18H23NO. The van der Waals surface area contributed by atoms with Crippen LogP contribution in [-0.2, 0) is 6.42 Å². The molecule has 1 atom stereocenters. The van der Waals surface area contributed by atoms with E-state index >= 15 is 0 Å². The number of ether oxygens (including phenoxy) is 1. The summed E-state index contributed by atoms with van der Waals surface area (Å²) in [6, 6.07) is 13.0. The summed E-state index contributed by atoms with van der Waals surface area (Å²) < 4.78 is 5.59. The van der Waals surface area contributed by atoms with Gasteiger partial charge in [0.2, 0.25) is 0 Å². The fourth-order valence-corrected chi connectivity index (χ4v) is 2.47. The van der Waals surface area contributed by atoms with Gasteiger partial charge in [-0.15, -0.1) is 0 Å². The lowest BCUT2D eigenvalue weighted by molar-refractivity contribution is 0.413. The zero-order valence-corrected chi connectivity index (χ0v) is 12.7. The molecule has 0 bridgehead atoms. The van der Waals surface area contributed by atoms with Gasteiger partial charge in [0, 0.05) is 11.6 Å². The number of hydrogen-bond acceptors (Lipinski definition) is 2. The first-order chi connectivity index (χ1) is 9.52. The van der Waals surface area contributed by atoms with E-state index in [0.29, 0.717) is 0 Å².